The van der Waals surface area contributed by atoms with Crippen LogP contribution in [0.4, 0.5) is 0 Å². The van der Waals surface area contributed by atoms with Gasteiger partial charge in [0.05, 0.1) is 12.2 Å². The van der Waals surface area contributed by atoms with Crippen molar-refractivity contribution in [3.8, 4) is 0 Å². The number of rotatable bonds is 4. The summed E-state index contributed by atoms with van der Waals surface area (Å²) in [6, 6.07) is 0. The van der Waals surface area contributed by atoms with Gasteiger partial charge in [-0.1, -0.05) is 32.1 Å². The van der Waals surface area contributed by atoms with E-state index in [-0.39, 0.29) is 24.0 Å². The van der Waals surface area contributed by atoms with Crippen molar-refractivity contribution in [3.05, 3.63) is 17.3 Å². The van der Waals surface area contributed by atoms with Crippen molar-refractivity contribution in [2.45, 2.75) is 65.3 Å². The summed E-state index contributed by atoms with van der Waals surface area (Å²) in [5.74, 6) is 3.19. The molecule has 0 aliphatic heterocycles. The Kier molecular flexibility index (Phi) is 9.59. The number of oxazole rings is 1. The Morgan fingerprint density at radius 3 is 2.35 bits per heavy atom. The van der Waals surface area contributed by atoms with Gasteiger partial charge in [0.1, 0.15) is 5.76 Å². The number of guanidine groups is 1. The quantitative estimate of drug-likeness (QED) is 0.428. The van der Waals surface area contributed by atoms with E-state index in [1.807, 2.05) is 13.8 Å². The van der Waals surface area contributed by atoms with Crippen molar-refractivity contribution in [1.82, 2.24) is 15.6 Å². The maximum Gasteiger partial charge on any atom is 0.214 e. The summed E-state index contributed by atoms with van der Waals surface area (Å²) in [5, 5.41) is 6.72. The smallest absolute Gasteiger partial charge is 0.214 e. The fourth-order valence-electron chi connectivity index (χ4n) is 2.98. The van der Waals surface area contributed by atoms with E-state index >= 15 is 0 Å². The molecule has 0 bridgehead atoms. The fourth-order valence-corrected chi connectivity index (χ4v) is 2.98. The molecule has 2 N–H and O–H groups in total. The summed E-state index contributed by atoms with van der Waals surface area (Å²) in [7, 11) is 1.81. The Hall–Kier alpha value is -0.790. The molecule has 1 saturated carbocycles. The van der Waals surface area contributed by atoms with Crippen LogP contribution in [0.25, 0.3) is 0 Å². The predicted molar refractivity (Wildman–Crippen MR) is 105 cm³/mol. The molecule has 0 spiro atoms. The van der Waals surface area contributed by atoms with Crippen LogP contribution in [0.3, 0.4) is 0 Å². The molecule has 6 heteroatoms. The normalized spacial score (nSPS) is 17.1. The SMILES string of the molecule is CN=C(NCc1nc(C)c(C)o1)NCC1CCCCCCC1.I. The van der Waals surface area contributed by atoms with Crippen molar-refractivity contribution in [3.63, 3.8) is 0 Å². The number of aromatic nitrogens is 1. The van der Waals surface area contributed by atoms with Crippen LogP contribution in [0.2, 0.25) is 0 Å². The lowest BCUT2D eigenvalue weighted by atomic mass is 9.91. The molecule has 1 aliphatic carbocycles. The van der Waals surface area contributed by atoms with Crippen molar-refractivity contribution < 1.29 is 4.42 Å². The molecular formula is C17H31IN4O. The molecule has 0 amide bonds. The van der Waals surface area contributed by atoms with Gasteiger partial charge < -0.3 is 15.1 Å². The molecule has 1 aromatic heterocycles. The third-order valence-corrected chi connectivity index (χ3v) is 4.49. The molecule has 1 aromatic rings. The molecule has 1 aliphatic rings. The Balaban J connectivity index is 0.00000264. The zero-order chi connectivity index (χ0) is 15.8. The maximum absolute atomic E-state index is 5.58. The topological polar surface area (TPSA) is 62.5 Å². The van der Waals surface area contributed by atoms with Crippen LogP contribution >= 0.6 is 24.0 Å². The average Bonchev–Trinajstić information content (AvgIpc) is 2.79. The third kappa shape index (κ3) is 7.10. The third-order valence-electron chi connectivity index (χ3n) is 4.49. The molecule has 0 atom stereocenters. The van der Waals surface area contributed by atoms with Gasteiger partial charge in [0.25, 0.3) is 0 Å². The number of nitrogens with one attached hydrogen (secondary N) is 2. The number of hydrogen-bond donors (Lipinski definition) is 2. The Labute approximate surface area is 157 Å². The fraction of sp³-hybridized carbons (Fsp3) is 0.765. The standard InChI is InChI=1S/C17H30N4O.HI/c1-13-14(2)22-16(21-13)12-20-17(18-3)19-11-15-9-7-5-4-6-8-10-15;/h15H,4-12H2,1-3H3,(H2,18,19,20);1H. The maximum atomic E-state index is 5.58. The lowest BCUT2D eigenvalue weighted by molar-refractivity contribution is 0.374. The highest BCUT2D eigenvalue weighted by Gasteiger charge is 2.12. The molecule has 1 fully saturated rings. The second-order valence-electron chi connectivity index (χ2n) is 6.27. The molecule has 0 saturated heterocycles. The van der Waals surface area contributed by atoms with Crippen LogP contribution in [-0.2, 0) is 6.54 Å². The van der Waals surface area contributed by atoms with Gasteiger partial charge in [-0.2, -0.15) is 0 Å². The summed E-state index contributed by atoms with van der Waals surface area (Å²) in [6.07, 6.45) is 9.61. The van der Waals surface area contributed by atoms with Crippen LogP contribution < -0.4 is 10.6 Å². The summed E-state index contributed by atoms with van der Waals surface area (Å²) in [6.45, 7) is 5.47. The number of aliphatic imine (C=N–C) groups is 1. The van der Waals surface area contributed by atoms with E-state index < -0.39 is 0 Å². The largest absolute Gasteiger partial charge is 0.444 e. The van der Waals surface area contributed by atoms with Crippen LogP contribution in [-0.4, -0.2) is 24.5 Å². The summed E-state index contributed by atoms with van der Waals surface area (Å²) < 4.78 is 5.58. The molecule has 1 heterocycles. The molecular weight excluding hydrogens is 403 g/mol. The van der Waals surface area contributed by atoms with Crippen LogP contribution in [0, 0.1) is 19.8 Å². The number of hydrogen-bond acceptors (Lipinski definition) is 3. The molecule has 0 radical (unpaired) electrons. The first-order chi connectivity index (χ1) is 10.7. The van der Waals surface area contributed by atoms with Gasteiger partial charge in [-0.25, -0.2) is 4.98 Å². The summed E-state index contributed by atoms with van der Waals surface area (Å²) in [4.78, 5) is 8.66. The van der Waals surface area contributed by atoms with Gasteiger partial charge in [0, 0.05) is 13.6 Å². The van der Waals surface area contributed by atoms with Crippen LogP contribution in [0.1, 0.15) is 62.3 Å². The minimum absolute atomic E-state index is 0. The van der Waals surface area contributed by atoms with Crippen molar-refractivity contribution >= 4 is 29.9 Å². The highest BCUT2D eigenvalue weighted by molar-refractivity contribution is 14.0. The average molecular weight is 434 g/mol. The highest BCUT2D eigenvalue weighted by Crippen LogP contribution is 2.21. The first-order valence-corrected chi connectivity index (χ1v) is 8.56. The Morgan fingerprint density at radius 1 is 1.13 bits per heavy atom. The first kappa shape index (κ1) is 20.3. The predicted octanol–water partition coefficient (Wildman–Crippen LogP) is 3.93. The highest BCUT2D eigenvalue weighted by atomic mass is 127. The van der Waals surface area contributed by atoms with Gasteiger partial charge in [0.2, 0.25) is 5.89 Å². The molecule has 2 rings (SSSR count). The zero-order valence-electron chi connectivity index (χ0n) is 14.7. The molecule has 0 unspecified atom stereocenters. The van der Waals surface area contributed by atoms with E-state index in [4.69, 9.17) is 4.42 Å². The molecule has 132 valence electrons. The summed E-state index contributed by atoms with van der Waals surface area (Å²) in [5.41, 5.74) is 0.953. The summed E-state index contributed by atoms with van der Waals surface area (Å²) >= 11 is 0. The van der Waals surface area contributed by atoms with Crippen LogP contribution in [0.5, 0.6) is 0 Å². The number of nitrogens with zero attached hydrogens (tertiary/aromatic N) is 2. The van der Waals surface area contributed by atoms with Crippen LogP contribution in [0.15, 0.2) is 9.41 Å². The lowest BCUT2D eigenvalue weighted by Gasteiger charge is -2.21. The monoisotopic (exact) mass is 434 g/mol. The van der Waals surface area contributed by atoms with E-state index in [1.54, 1.807) is 7.05 Å². The van der Waals surface area contributed by atoms with Gasteiger partial charge in [-0.3, -0.25) is 4.99 Å². The minimum atomic E-state index is 0. The molecule has 0 aromatic carbocycles. The number of halogens is 1. The number of aryl methyl sites for hydroxylation is 2. The van der Waals surface area contributed by atoms with Crippen molar-refractivity contribution in [2.24, 2.45) is 10.9 Å². The van der Waals surface area contributed by atoms with E-state index in [1.165, 1.54) is 44.9 Å². The van der Waals surface area contributed by atoms with Gasteiger partial charge in [-0.15, -0.1) is 24.0 Å². The van der Waals surface area contributed by atoms with Gasteiger partial charge in [0.15, 0.2) is 5.96 Å². The zero-order valence-corrected chi connectivity index (χ0v) is 17.0. The van der Waals surface area contributed by atoms with Crippen molar-refractivity contribution in [1.29, 1.82) is 0 Å². The Morgan fingerprint density at radius 2 is 1.78 bits per heavy atom. The lowest BCUT2D eigenvalue weighted by Crippen LogP contribution is -2.39. The van der Waals surface area contributed by atoms with E-state index in [9.17, 15) is 0 Å². The van der Waals surface area contributed by atoms with E-state index in [2.05, 4.69) is 20.6 Å². The van der Waals surface area contributed by atoms with E-state index in [0.29, 0.717) is 12.4 Å². The first-order valence-electron chi connectivity index (χ1n) is 8.56. The Bertz CT molecular complexity index is 459. The molecule has 5 nitrogen and oxygen atoms in total. The van der Waals surface area contributed by atoms with E-state index in [0.717, 1.165) is 29.9 Å². The second-order valence-corrected chi connectivity index (χ2v) is 6.27. The van der Waals surface area contributed by atoms with Gasteiger partial charge >= 0.3 is 0 Å². The molecule has 23 heavy (non-hydrogen) atoms. The van der Waals surface area contributed by atoms with Crippen molar-refractivity contribution in [2.75, 3.05) is 13.6 Å². The van der Waals surface area contributed by atoms with Gasteiger partial charge in [-0.05, 0) is 32.6 Å². The minimum Gasteiger partial charge on any atom is -0.444 e. The second kappa shape index (κ2) is 10.9.